The topological polar surface area (TPSA) is 97.6 Å². The SMILES string of the molecule is O=C(O)CC1c2ccc3c(c2)CN(CC3)C(=O)c2ccc(cc2)OC/C=C/CCn2nnc3cc1ccc32. The summed E-state index contributed by atoms with van der Waals surface area (Å²) in [6.45, 7) is 2.23. The third-order valence-electron chi connectivity index (χ3n) is 7.37. The first kappa shape index (κ1) is 23.9. The number of carboxylic acids is 1. The molecule has 8 heteroatoms. The monoisotopic (exact) mass is 508 g/mol. The van der Waals surface area contributed by atoms with Crippen LogP contribution < -0.4 is 4.74 Å². The molecule has 1 atom stereocenters. The molecule has 5 aliphatic rings. The summed E-state index contributed by atoms with van der Waals surface area (Å²) in [4.78, 5) is 27.0. The summed E-state index contributed by atoms with van der Waals surface area (Å²) < 4.78 is 7.68. The van der Waals surface area contributed by atoms with Gasteiger partial charge in [-0.3, -0.25) is 9.59 Å². The summed E-state index contributed by atoms with van der Waals surface area (Å²) in [5.41, 5.74) is 6.32. The minimum Gasteiger partial charge on any atom is -0.490 e. The number of nitrogens with zero attached hydrogens (tertiary/aromatic N) is 4. The molecule has 6 heterocycles. The second-order valence-corrected chi connectivity index (χ2v) is 9.81. The molecule has 9 bridgehead atoms. The number of allylic oxidation sites excluding steroid dienone is 1. The van der Waals surface area contributed by atoms with Crippen LogP contribution in [0, 0.1) is 0 Å². The summed E-state index contributed by atoms with van der Waals surface area (Å²) in [5, 5.41) is 18.4. The van der Waals surface area contributed by atoms with E-state index in [1.807, 2.05) is 58.1 Å². The van der Waals surface area contributed by atoms with Crippen molar-refractivity contribution >= 4 is 22.9 Å². The van der Waals surface area contributed by atoms with Crippen molar-refractivity contribution in [1.82, 2.24) is 19.9 Å². The fourth-order valence-corrected chi connectivity index (χ4v) is 5.34. The number of ether oxygens (including phenoxy) is 1. The van der Waals surface area contributed by atoms with Gasteiger partial charge < -0.3 is 14.7 Å². The summed E-state index contributed by atoms with van der Waals surface area (Å²) in [6.07, 6.45) is 5.50. The van der Waals surface area contributed by atoms with Gasteiger partial charge in [0.05, 0.1) is 11.9 Å². The number of benzene rings is 3. The zero-order chi connectivity index (χ0) is 26.1. The standard InChI is InChI=1S/C30H28N4O4/c35-29(36)18-26-22-5-4-20-12-14-33(19-24(20)16-22)30(37)21-6-9-25(10-7-21)38-15-3-1-2-13-34-28-11-8-23(26)17-27(28)31-32-34/h1,3-11,16-17,26H,2,12-15,18-19H2,(H,35,36)/b3-1+. The molecule has 192 valence electrons. The molecule has 3 aromatic carbocycles. The van der Waals surface area contributed by atoms with Crippen molar-refractivity contribution in [3.8, 4) is 5.75 Å². The summed E-state index contributed by atoms with van der Waals surface area (Å²) in [7, 11) is 0. The summed E-state index contributed by atoms with van der Waals surface area (Å²) in [6, 6.07) is 19.3. The number of carboxylic acid groups (broad SMARTS) is 1. The molecule has 0 aliphatic carbocycles. The number of aryl methyl sites for hydroxylation is 1. The fraction of sp³-hybridized carbons (Fsp3) is 0.267. The van der Waals surface area contributed by atoms with Gasteiger partial charge in [-0.15, -0.1) is 5.10 Å². The van der Waals surface area contributed by atoms with Gasteiger partial charge in [-0.05, 0) is 71.5 Å². The molecule has 1 N–H and O–H groups in total. The second-order valence-electron chi connectivity index (χ2n) is 9.81. The Labute approximate surface area is 220 Å². The number of aromatic nitrogens is 3. The van der Waals surface area contributed by atoms with Crippen LogP contribution in [-0.2, 0) is 24.3 Å². The number of aliphatic carboxylic acids is 1. The van der Waals surface area contributed by atoms with Crippen LogP contribution in [0.5, 0.6) is 5.75 Å². The molecule has 4 aromatic rings. The molecule has 1 aromatic heterocycles. The Bertz CT molecular complexity index is 1540. The maximum atomic E-state index is 13.3. The maximum absolute atomic E-state index is 13.3. The Balaban J connectivity index is 1.41. The van der Waals surface area contributed by atoms with Gasteiger partial charge in [0.1, 0.15) is 17.9 Å². The first-order valence-corrected chi connectivity index (χ1v) is 12.9. The lowest BCUT2D eigenvalue weighted by Gasteiger charge is -2.30. The van der Waals surface area contributed by atoms with E-state index in [-0.39, 0.29) is 18.2 Å². The number of hydrogen-bond acceptors (Lipinski definition) is 5. The second kappa shape index (κ2) is 10.1. The largest absolute Gasteiger partial charge is 0.490 e. The van der Waals surface area contributed by atoms with Crippen LogP contribution in [0.4, 0.5) is 0 Å². The van der Waals surface area contributed by atoms with Gasteiger partial charge in [-0.25, -0.2) is 4.68 Å². The van der Waals surface area contributed by atoms with E-state index in [1.54, 1.807) is 12.1 Å². The molecule has 0 saturated carbocycles. The third kappa shape index (κ3) is 4.77. The van der Waals surface area contributed by atoms with Gasteiger partial charge in [0.15, 0.2) is 0 Å². The Morgan fingerprint density at radius 3 is 2.63 bits per heavy atom. The van der Waals surface area contributed by atoms with E-state index in [4.69, 9.17) is 4.74 Å². The van der Waals surface area contributed by atoms with E-state index in [0.29, 0.717) is 37.6 Å². The van der Waals surface area contributed by atoms with E-state index in [0.717, 1.165) is 40.6 Å². The van der Waals surface area contributed by atoms with Crippen molar-refractivity contribution in [2.24, 2.45) is 0 Å². The van der Waals surface area contributed by atoms with Crippen LogP contribution in [0.25, 0.3) is 11.0 Å². The molecule has 0 saturated heterocycles. The van der Waals surface area contributed by atoms with Crippen LogP contribution >= 0.6 is 0 Å². The van der Waals surface area contributed by atoms with Crippen molar-refractivity contribution in [2.45, 2.75) is 38.3 Å². The lowest BCUT2D eigenvalue weighted by Crippen LogP contribution is -2.36. The Morgan fingerprint density at radius 1 is 0.974 bits per heavy atom. The van der Waals surface area contributed by atoms with Gasteiger partial charge in [0, 0.05) is 31.1 Å². The van der Waals surface area contributed by atoms with Gasteiger partial charge >= 0.3 is 5.97 Å². The van der Waals surface area contributed by atoms with Crippen LogP contribution in [0.3, 0.4) is 0 Å². The third-order valence-corrected chi connectivity index (χ3v) is 7.37. The molecular weight excluding hydrogens is 480 g/mol. The van der Waals surface area contributed by atoms with Crippen molar-refractivity contribution in [2.75, 3.05) is 13.2 Å². The van der Waals surface area contributed by atoms with E-state index < -0.39 is 5.97 Å². The zero-order valence-electron chi connectivity index (χ0n) is 20.9. The zero-order valence-corrected chi connectivity index (χ0v) is 20.9. The highest BCUT2D eigenvalue weighted by molar-refractivity contribution is 5.94. The number of amides is 1. The predicted molar refractivity (Wildman–Crippen MR) is 142 cm³/mol. The number of carbonyl (C=O) groups is 2. The van der Waals surface area contributed by atoms with Crippen LogP contribution in [-0.4, -0.2) is 50.0 Å². The molecule has 0 spiro atoms. The van der Waals surface area contributed by atoms with Crippen molar-refractivity contribution in [1.29, 1.82) is 0 Å². The first-order valence-electron chi connectivity index (χ1n) is 12.9. The van der Waals surface area contributed by atoms with Gasteiger partial charge in [-0.2, -0.15) is 0 Å². The number of rotatable bonds is 2. The van der Waals surface area contributed by atoms with E-state index >= 15 is 0 Å². The van der Waals surface area contributed by atoms with Crippen molar-refractivity contribution in [3.05, 3.63) is 101 Å². The highest BCUT2D eigenvalue weighted by atomic mass is 16.5. The molecular formula is C30H28N4O4. The Morgan fingerprint density at radius 2 is 1.79 bits per heavy atom. The first-order chi connectivity index (χ1) is 18.5. The number of hydrogen-bond donors (Lipinski definition) is 1. The quantitative estimate of drug-likeness (QED) is 0.398. The average Bonchev–Trinajstić information content (AvgIpc) is 3.34. The smallest absolute Gasteiger partial charge is 0.304 e. The Kier molecular flexibility index (Phi) is 6.37. The average molecular weight is 509 g/mol. The van der Waals surface area contributed by atoms with Gasteiger partial charge in [0.2, 0.25) is 0 Å². The van der Waals surface area contributed by atoms with E-state index in [1.165, 1.54) is 5.56 Å². The number of carbonyl (C=O) groups excluding carboxylic acids is 1. The van der Waals surface area contributed by atoms with E-state index in [2.05, 4.69) is 22.4 Å². The molecule has 5 aliphatic heterocycles. The summed E-state index contributed by atoms with van der Waals surface area (Å²) in [5.74, 6) is -0.518. The molecule has 8 nitrogen and oxygen atoms in total. The van der Waals surface area contributed by atoms with Crippen LogP contribution in [0.15, 0.2) is 72.8 Å². The van der Waals surface area contributed by atoms with Gasteiger partial charge in [0.25, 0.3) is 5.91 Å². The van der Waals surface area contributed by atoms with E-state index in [9.17, 15) is 14.7 Å². The minimum absolute atomic E-state index is 0.0229. The molecule has 1 amide bonds. The van der Waals surface area contributed by atoms with Crippen LogP contribution in [0.1, 0.15) is 51.4 Å². The van der Waals surface area contributed by atoms with Crippen molar-refractivity contribution in [3.63, 3.8) is 0 Å². The Hall–Kier alpha value is -4.46. The van der Waals surface area contributed by atoms with Crippen molar-refractivity contribution < 1.29 is 19.4 Å². The lowest BCUT2D eigenvalue weighted by molar-refractivity contribution is -0.137. The fourth-order valence-electron chi connectivity index (χ4n) is 5.34. The molecule has 9 rings (SSSR count). The highest BCUT2D eigenvalue weighted by Crippen LogP contribution is 2.33. The maximum Gasteiger partial charge on any atom is 0.304 e. The molecule has 0 radical (unpaired) electrons. The molecule has 0 fully saturated rings. The van der Waals surface area contributed by atoms with Gasteiger partial charge in [-0.1, -0.05) is 41.6 Å². The minimum atomic E-state index is -0.867. The van der Waals surface area contributed by atoms with Crippen LogP contribution in [0.2, 0.25) is 0 Å². The highest BCUT2D eigenvalue weighted by Gasteiger charge is 2.25. The normalized spacial score (nSPS) is 18.4. The molecule has 1 unspecified atom stereocenters. The molecule has 38 heavy (non-hydrogen) atoms. The predicted octanol–water partition coefficient (Wildman–Crippen LogP) is 4.58. The lowest BCUT2D eigenvalue weighted by atomic mass is 9.85. The summed E-state index contributed by atoms with van der Waals surface area (Å²) >= 11 is 0.